The molecule has 7 nitrogen and oxygen atoms in total. The van der Waals surface area contributed by atoms with Crippen LogP contribution in [-0.2, 0) is 9.59 Å². The number of likely N-dealkylation sites (tertiary alicyclic amines) is 1. The Morgan fingerprint density at radius 2 is 1.74 bits per heavy atom. The van der Waals surface area contributed by atoms with Crippen LogP contribution in [0.4, 0.5) is 0 Å². The van der Waals surface area contributed by atoms with Gasteiger partial charge in [-0.15, -0.1) is 0 Å². The van der Waals surface area contributed by atoms with Crippen LogP contribution in [-0.4, -0.2) is 66.5 Å². The van der Waals surface area contributed by atoms with Crippen molar-refractivity contribution in [1.29, 1.82) is 0 Å². The fourth-order valence-corrected chi connectivity index (χ4v) is 4.34. The minimum atomic E-state index is -0.686. The number of carbonyl (C=O) groups excluding carboxylic acids is 2. The number of hydrogen-bond acceptors (Lipinski definition) is 6. The monoisotopic (exact) mass is 466 g/mol. The van der Waals surface area contributed by atoms with Crippen molar-refractivity contribution in [3.63, 3.8) is 0 Å². The Bertz CT molecular complexity index is 1060. The number of likely N-dealkylation sites (N-methyl/N-ethyl adjacent to an activating group) is 1. The van der Waals surface area contributed by atoms with Gasteiger partial charge < -0.3 is 24.4 Å². The Hall–Kier alpha value is -3.32. The van der Waals surface area contributed by atoms with E-state index in [4.69, 9.17) is 9.47 Å². The molecule has 34 heavy (non-hydrogen) atoms. The second kappa shape index (κ2) is 11.2. The average molecular weight is 467 g/mol. The van der Waals surface area contributed by atoms with Crippen molar-refractivity contribution in [2.75, 3.05) is 39.9 Å². The summed E-state index contributed by atoms with van der Waals surface area (Å²) in [6, 6.07) is 11.8. The minimum absolute atomic E-state index is 0.0956. The highest BCUT2D eigenvalue weighted by Gasteiger charge is 2.46. The molecular formula is C27H34N2O5. The Kier molecular flexibility index (Phi) is 8.34. The van der Waals surface area contributed by atoms with E-state index in [0.717, 1.165) is 24.2 Å². The van der Waals surface area contributed by atoms with Gasteiger partial charge in [0.2, 0.25) is 0 Å². The Morgan fingerprint density at radius 1 is 1.06 bits per heavy atom. The largest absolute Gasteiger partial charge is 0.507 e. The van der Waals surface area contributed by atoms with Gasteiger partial charge in [-0.05, 0) is 68.4 Å². The first-order valence-corrected chi connectivity index (χ1v) is 11.7. The molecule has 0 unspecified atom stereocenters. The maximum atomic E-state index is 13.2. The quantitative estimate of drug-likeness (QED) is 0.322. The van der Waals surface area contributed by atoms with Crippen LogP contribution >= 0.6 is 0 Å². The van der Waals surface area contributed by atoms with Gasteiger partial charge in [-0.2, -0.15) is 0 Å². The number of nitrogens with zero attached hydrogens (tertiary/aromatic N) is 2. The lowest BCUT2D eigenvalue weighted by molar-refractivity contribution is -0.140. The van der Waals surface area contributed by atoms with Crippen molar-refractivity contribution in [3.8, 4) is 11.5 Å². The third-order valence-corrected chi connectivity index (χ3v) is 6.27. The summed E-state index contributed by atoms with van der Waals surface area (Å²) in [5.74, 6) is -0.0769. The highest BCUT2D eigenvalue weighted by molar-refractivity contribution is 6.46. The van der Waals surface area contributed by atoms with Crippen LogP contribution in [0.1, 0.15) is 43.5 Å². The van der Waals surface area contributed by atoms with Crippen molar-refractivity contribution in [2.24, 2.45) is 0 Å². The maximum absolute atomic E-state index is 13.2. The van der Waals surface area contributed by atoms with Gasteiger partial charge in [0.05, 0.1) is 25.3 Å². The molecule has 1 saturated heterocycles. The zero-order valence-electron chi connectivity index (χ0n) is 20.6. The highest BCUT2D eigenvalue weighted by atomic mass is 16.5. The first kappa shape index (κ1) is 25.3. The number of ketones is 1. The molecule has 1 N–H and O–H groups in total. The number of ether oxygens (including phenoxy) is 2. The lowest BCUT2D eigenvalue weighted by atomic mass is 9.94. The summed E-state index contributed by atoms with van der Waals surface area (Å²) in [5, 5.41) is 11.3. The van der Waals surface area contributed by atoms with Crippen LogP contribution in [0.25, 0.3) is 5.76 Å². The van der Waals surface area contributed by atoms with Crippen molar-refractivity contribution >= 4 is 17.4 Å². The van der Waals surface area contributed by atoms with E-state index in [0.29, 0.717) is 36.8 Å². The van der Waals surface area contributed by atoms with Crippen LogP contribution in [0.2, 0.25) is 0 Å². The van der Waals surface area contributed by atoms with Gasteiger partial charge in [0.15, 0.2) is 0 Å². The number of carbonyl (C=O) groups is 2. The van der Waals surface area contributed by atoms with E-state index in [1.807, 2.05) is 38.1 Å². The van der Waals surface area contributed by atoms with E-state index < -0.39 is 17.7 Å². The highest BCUT2D eigenvalue weighted by Crippen LogP contribution is 2.40. The smallest absolute Gasteiger partial charge is 0.295 e. The maximum Gasteiger partial charge on any atom is 0.295 e. The first-order chi connectivity index (χ1) is 16.4. The summed E-state index contributed by atoms with van der Waals surface area (Å²) in [6.07, 6.45) is 0. The lowest BCUT2D eigenvalue weighted by Gasteiger charge is -2.28. The molecule has 1 atom stereocenters. The van der Waals surface area contributed by atoms with E-state index in [1.54, 1.807) is 30.2 Å². The topological polar surface area (TPSA) is 79.3 Å². The summed E-state index contributed by atoms with van der Waals surface area (Å²) < 4.78 is 10.9. The predicted molar refractivity (Wildman–Crippen MR) is 132 cm³/mol. The molecule has 0 saturated carbocycles. The second-order valence-corrected chi connectivity index (χ2v) is 8.21. The van der Waals surface area contributed by atoms with Gasteiger partial charge in [-0.1, -0.05) is 26.0 Å². The Balaban J connectivity index is 2.09. The van der Waals surface area contributed by atoms with E-state index in [2.05, 4.69) is 18.7 Å². The van der Waals surface area contributed by atoms with Gasteiger partial charge in [-0.3, -0.25) is 9.59 Å². The van der Waals surface area contributed by atoms with Crippen LogP contribution in [0.3, 0.4) is 0 Å². The van der Waals surface area contributed by atoms with E-state index in [-0.39, 0.29) is 11.3 Å². The zero-order chi connectivity index (χ0) is 24.8. The molecule has 2 aromatic carbocycles. The molecule has 3 rings (SSSR count). The van der Waals surface area contributed by atoms with E-state index in [9.17, 15) is 14.7 Å². The van der Waals surface area contributed by atoms with Crippen molar-refractivity contribution in [1.82, 2.24) is 9.80 Å². The van der Waals surface area contributed by atoms with Crippen molar-refractivity contribution in [3.05, 3.63) is 64.7 Å². The summed E-state index contributed by atoms with van der Waals surface area (Å²) in [4.78, 5) is 30.1. The predicted octanol–water partition coefficient (Wildman–Crippen LogP) is 4.17. The van der Waals surface area contributed by atoms with E-state index in [1.165, 1.54) is 0 Å². The number of benzene rings is 2. The molecule has 1 heterocycles. The lowest BCUT2D eigenvalue weighted by Crippen LogP contribution is -2.38. The number of aliphatic hydroxyl groups excluding tert-OH is 1. The zero-order valence-corrected chi connectivity index (χ0v) is 20.6. The SMILES string of the molecule is CCOc1ccc([C@@H]2C(=C(O)c3ccc(OC)c(C)c3)C(=O)C(=O)N2CCN(CC)CC)cc1. The molecule has 0 spiro atoms. The molecular weight excluding hydrogens is 432 g/mol. The molecule has 1 fully saturated rings. The molecule has 1 aliphatic heterocycles. The number of aryl methyl sites for hydroxylation is 1. The third-order valence-electron chi connectivity index (χ3n) is 6.27. The second-order valence-electron chi connectivity index (χ2n) is 8.21. The van der Waals surface area contributed by atoms with Gasteiger partial charge in [-0.25, -0.2) is 0 Å². The van der Waals surface area contributed by atoms with Crippen molar-refractivity contribution < 1.29 is 24.2 Å². The van der Waals surface area contributed by atoms with Crippen LogP contribution in [0, 0.1) is 6.92 Å². The number of Topliss-reactive ketones (excluding diaryl/α,β-unsaturated/α-hetero) is 1. The third kappa shape index (κ3) is 5.09. The summed E-state index contributed by atoms with van der Waals surface area (Å²) in [5.41, 5.74) is 2.13. The number of rotatable bonds is 10. The van der Waals surface area contributed by atoms with Crippen LogP contribution in [0.15, 0.2) is 48.0 Å². The first-order valence-electron chi connectivity index (χ1n) is 11.7. The number of aliphatic hydroxyl groups is 1. The van der Waals surface area contributed by atoms with Gasteiger partial charge in [0.25, 0.3) is 11.7 Å². The van der Waals surface area contributed by atoms with Crippen molar-refractivity contribution in [2.45, 2.75) is 33.7 Å². The molecule has 1 amide bonds. The molecule has 0 aliphatic carbocycles. The van der Waals surface area contributed by atoms with Gasteiger partial charge in [0, 0.05) is 18.7 Å². The Morgan fingerprint density at radius 3 is 2.29 bits per heavy atom. The molecule has 0 aromatic heterocycles. The average Bonchev–Trinajstić information content (AvgIpc) is 3.10. The Labute approximate surface area is 201 Å². The van der Waals surface area contributed by atoms with Gasteiger partial charge in [0.1, 0.15) is 17.3 Å². The summed E-state index contributed by atoms with van der Waals surface area (Å²) in [7, 11) is 1.58. The standard InChI is InChI=1S/C27H34N2O5/c1-6-28(7-2)15-16-29-24(19-9-12-21(13-10-19)34-8-3)23(26(31)27(29)32)25(30)20-11-14-22(33-5)18(4)17-20/h9-14,17,24,30H,6-8,15-16H2,1-5H3/t24-/m1/s1. The molecule has 7 heteroatoms. The van der Waals surface area contributed by atoms with Gasteiger partial charge >= 0.3 is 0 Å². The molecule has 0 bridgehead atoms. The molecule has 2 aromatic rings. The number of amides is 1. The molecule has 182 valence electrons. The molecule has 1 aliphatic rings. The van der Waals surface area contributed by atoms with E-state index >= 15 is 0 Å². The summed E-state index contributed by atoms with van der Waals surface area (Å²) >= 11 is 0. The van der Waals surface area contributed by atoms with Crippen LogP contribution in [0.5, 0.6) is 11.5 Å². The summed E-state index contributed by atoms with van der Waals surface area (Å²) in [6.45, 7) is 11.1. The molecule has 0 radical (unpaired) electrons. The minimum Gasteiger partial charge on any atom is -0.507 e. The van der Waals surface area contributed by atoms with Crippen LogP contribution < -0.4 is 9.47 Å². The fraction of sp³-hybridized carbons (Fsp3) is 0.407. The normalized spacial score (nSPS) is 17.5. The fourth-order valence-electron chi connectivity index (χ4n) is 4.34. The number of hydrogen-bond donors (Lipinski definition) is 1. The number of methoxy groups -OCH3 is 1.